The predicted octanol–water partition coefficient (Wildman–Crippen LogP) is 2.84. The number of methoxy groups -OCH3 is 2. The van der Waals surface area contributed by atoms with E-state index in [4.69, 9.17) is 9.47 Å². The van der Waals surface area contributed by atoms with Gasteiger partial charge in [-0.05, 0) is 49.9 Å². The van der Waals surface area contributed by atoms with Crippen molar-refractivity contribution in [1.29, 1.82) is 0 Å². The van der Waals surface area contributed by atoms with E-state index in [-0.39, 0.29) is 5.78 Å². The summed E-state index contributed by atoms with van der Waals surface area (Å²) in [5, 5.41) is 0. The number of hydrogen-bond donors (Lipinski definition) is 0. The Kier molecular flexibility index (Phi) is 3.48. The molecule has 92 valence electrons. The van der Waals surface area contributed by atoms with Crippen LogP contribution in [0.5, 0.6) is 5.75 Å². The van der Waals surface area contributed by atoms with Crippen molar-refractivity contribution in [3.05, 3.63) is 29.8 Å². The first-order valence-electron chi connectivity index (χ1n) is 5.96. The van der Waals surface area contributed by atoms with E-state index < -0.39 is 5.60 Å². The van der Waals surface area contributed by atoms with Gasteiger partial charge in [0.25, 0.3) is 0 Å². The van der Waals surface area contributed by atoms with Crippen molar-refractivity contribution in [2.45, 2.75) is 31.3 Å². The molecular formula is C14H18O3. The Morgan fingerprint density at radius 1 is 1.12 bits per heavy atom. The van der Waals surface area contributed by atoms with E-state index in [9.17, 15) is 4.79 Å². The molecule has 0 aliphatic heterocycles. The van der Waals surface area contributed by atoms with E-state index in [1.54, 1.807) is 26.4 Å². The zero-order valence-electron chi connectivity index (χ0n) is 10.4. The fourth-order valence-corrected chi connectivity index (χ4v) is 2.48. The Hall–Kier alpha value is -1.35. The molecule has 0 bridgehead atoms. The maximum Gasteiger partial charge on any atom is 0.194 e. The van der Waals surface area contributed by atoms with E-state index in [0.29, 0.717) is 5.56 Å². The van der Waals surface area contributed by atoms with Crippen LogP contribution >= 0.6 is 0 Å². The Morgan fingerprint density at radius 3 is 2.18 bits per heavy atom. The fourth-order valence-electron chi connectivity index (χ4n) is 2.48. The van der Waals surface area contributed by atoms with Gasteiger partial charge in [0.1, 0.15) is 11.4 Å². The molecule has 0 radical (unpaired) electrons. The second-order valence-corrected chi connectivity index (χ2v) is 4.46. The van der Waals surface area contributed by atoms with Crippen molar-refractivity contribution < 1.29 is 14.3 Å². The highest BCUT2D eigenvalue weighted by Gasteiger charge is 2.41. The molecule has 2 rings (SSSR count). The number of hydrogen-bond acceptors (Lipinski definition) is 3. The maximum absolute atomic E-state index is 12.4. The first-order valence-corrected chi connectivity index (χ1v) is 5.96. The van der Waals surface area contributed by atoms with Crippen LogP contribution in [0.4, 0.5) is 0 Å². The molecule has 17 heavy (non-hydrogen) atoms. The number of ether oxygens (including phenoxy) is 2. The van der Waals surface area contributed by atoms with Gasteiger partial charge in [-0.15, -0.1) is 0 Å². The quantitative estimate of drug-likeness (QED) is 0.751. The van der Waals surface area contributed by atoms with E-state index in [2.05, 4.69) is 0 Å². The van der Waals surface area contributed by atoms with Crippen LogP contribution < -0.4 is 4.74 Å². The van der Waals surface area contributed by atoms with Crippen molar-refractivity contribution in [2.24, 2.45) is 0 Å². The Balaban J connectivity index is 2.23. The molecule has 1 aliphatic rings. The van der Waals surface area contributed by atoms with Gasteiger partial charge in [0.05, 0.1) is 7.11 Å². The highest BCUT2D eigenvalue weighted by Crippen LogP contribution is 2.35. The van der Waals surface area contributed by atoms with Crippen LogP contribution in [0, 0.1) is 0 Å². The van der Waals surface area contributed by atoms with E-state index in [1.165, 1.54) is 0 Å². The molecule has 1 aromatic carbocycles. The van der Waals surface area contributed by atoms with Crippen LogP contribution in [0.15, 0.2) is 24.3 Å². The smallest absolute Gasteiger partial charge is 0.194 e. The van der Waals surface area contributed by atoms with Gasteiger partial charge in [-0.25, -0.2) is 0 Å². The normalized spacial score (nSPS) is 18.0. The van der Waals surface area contributed by atoms with Crippen molar-refractivity contribution in [3.8, 4) is 5.75 Å². The molecule has 0 atom stereocenters. The molecule has 0 amide bonds. The molecule has 0 heterocycles. The summed E-state index contributed by atoms with van der Waals surface area (Å²) in [6.07, 6.45) is 3.79. The van der Waals surface area contributed by atoms with Crippen LogP contribution in [0.3, 0.4) is 0 Å². The lowest BCUT2D eigenvalue weighted by Crippen LogP contribution is -2.37. The summed E-state index contributed by atoms with van der Waals surface area (Å²) < 4.78 is 10.6. The van der Waals surface area contributed by atoms with Gasteiger partial charge in [0.2, 0.25) is 0 Å². The molecular weight excluding hydrogens is 216 g/mol. The number of benzene rings is 1. The van der Waals surface area contributed by atoms with E-state index in [0.717, 1.165) is 31.4 Å². The lowest BCUT2D eigenvalue weighted by atomic mass is 9.91. The fraction of sp³-hybridized carbons (Fsp3) is 0.500. The number of ketones is 1. The van der Waals surface area contributed by atoms with Crippen molar-refractivity contribution in [1.82, 2.24) is 0 Å². The molecule has 0 spiro atoms. The molecule has 0 saturated heterocycles. The molecule has 0 unspecified atom stereocenters. The Bertz CT molecular complexity index is 388. The van der Waals surface area contributed by atoms with Crippen LogP contribution in [-0.4, -0.2) is 25.6 Å². The van der Waals surface area contributed by atoms with Crippen molar-refractivity contribution >= 4 is 5.78 Å². The Morgan fingerprint density at radius 2 is 1.71 bits per heavy atom. The van der Waals surface area contributed by atoms with Crippen molar-refractivity contribution in [3.63, 3.8) is 0 Å². The number of carbonyl (C=O) groups is 1. The minimum Gasteiger partial charge on any atom is -0.497 e. The molecule has 0 N–H and O–H groups in total. The SMILES string of the molecule is COc1ccc(C(=O)C2(OC)CCCC2)cc1. The van der Waals surface area contributed by atoms with Gasteiger partial charge in [0.15, 0.2) is 5.78 Å². The summed E-state index contributed by atoms with van der Waals surface area (Å²) >= 11 is 0. The zero-order valence-corrected chi connectivity index (χ0v) is 10.4. The third-order valence-electron chi connectivity index (χ3n) is 3.57. The number of rotatable bonds is 4. The summed E-state index contributed by atoms with van der Waals surface area (Å²) in [6, 6.07) is 7.23. The zero-order chi connectivity index (χ0) is 12.3. The number of carbonyl (C=O) groups excluding carboxylic acids is 1. The minimum atomic E-state index is -0.589. The monoisotopic (exact) mass is 234 g/mol. The maximum atomic E-state index is 12.4. The van der Waals surface area contributed by atoms with Crippen LogP contribution in [0.2, 0.25) is 0 Å². The predicted molar refractivity (Wildman–Crippen MR) is 65.5 cm³/mol. The molecule has 1 aliphatic carbocycles. The van der Waals surface area contributed by atoms with E-state index >= 15 is 0 Å². The molecule has 1 aromatic rings. The summed E-state index contributed by atoms with van der Waals surface area (Å²) in [5.74, 6) is 0.861. The first-order chi connectivity index (χ1) is 8.22. The third-order valence-corrected chi connectivity index (χ3v) is 3.57. The van der Waals surface area contributed by atoms with Gasteiger partial charge in [0, 0.05) is 12.7 Å². The van der Waals surface area contributed by atoms with Gasteiger partial charge < -0.3 is 9.47 Å². The first kappa shape index (κ1) is 12.1. The second-order valence-electron chi connectivity index (χ2n) is 4.46. The van der Waals surface area contributed by atoms with Gasteiger partial charge in [-0.3, -0.25) is 4.79 Å². The molecule has 1 saturated carbocycles. The van der Waals surface area contributed by atoms with Gasteiger partial charge in [-0.1, -0.05) is 0 Å². The van der Waals surface area contributed by atoms with Gasteiger partial charge in [-0.2, -0.15) is 0 Å². The van der Waals surface area contributed by atoms with Crippen molar-refractivity contribution in [2.75, 3.05) is 14.2 Å². The average molecular weight is 234 g/mol. The van der Waals surface area contributed by atoms with E-state index in [1.807, 2.05) is 12.1 Å². The van der Waals surface area contributed by atoms with Gasteiger partial charge >= 0.3 is 0 Å². The summed E-state index contributed by atoms with van der Waals surface area (Å²) in [7, 11) is 3.25. The standard InChI is InChI=1S/C14H18O3/c1-16-12-7-5-11(6-8-12)13(15)14(17-2)9-3-4-10-14/h5-8H,3-4,9-10H2,1-2H3. The van der Waals surface area contributed by atoms with Crippen LogP contribution in [-0.2, 0) is 4.74 Å². The second kappa shape index (κ2) is 4.88. The summed E-state index contributed by atoms with van der Waals surface area (Å²) in [5.41, 5.74) is 0.115. The summed E-state index contributed by atoms with van der Waals surface area (Å²) in [4.78, 5) is 12.4. The average Bonchev–Trinajstić information content (AvgIpc) is 2.88. The van der Waals surface area contributed by atoms with Crippen LogP contribution in [0.25, 0.3) is 0 Å². The Labute approximate surface area is 102 Å². The summed E-state index contributed by atoms with van der Waals surface area (Å²) in [6.45, 7) is 0. The molecule has 1 fully saturated rings. The highest BCUT2D eigenvalue weighted by atomic mass is 16.5. The molecule has 0 aromatic heterocycles. The largest absolute Gasteiger partial charge is 0.497 e. The third kappa shape index (κ3) is 2.20. The highest BCUT2D eigenvalue weighted by molar-refractivity contribution is 6.02. The topological polar surface area (TPSA) is 35.5 Å². The lowest BCUT2D eigenvalue weighted by Gasteiger charge is -2.25. The molecule has 3 nitrogen and oxygen atoms in total. The lowest BCUT2D eigenvalue weighted by molar-refractivity contribution is 0.00602. The number of Topliss-reactive ketones (excluding diaryl/α,β-unsaturated/α-hetero) is 1. The minimum absolute atomic E-state index is 0.0974. The van der Waals surface area contributed by atoms with Crippen LogP contribution in [0.1, 0.15) is 36.0 Å². The molecule has 3 heteroatoms.